The topological polar surface area (TPSA) is 86.8 Å². The van der Waals surface area contributed by atoms with E-state index in [4.69, 9.17) is 11.6 Å². The van der Waals surface area contributed by atoms with Crippen molar-refractivity contribution in [3.8, 4) is 0 Å². The maximum Gasteiger partial charge on any atom is 0.264 e. The fourth-order valence-electron chi connectivity index (χ4n) is 3.55. The molecular weight excluding hydrogens is 566 g/mol. The summed E-state index contributed by atoms with van der Waals surface area (Å²) in [5.74, 6) is -0.889. The first-order valence-electron chi connectivity index (χ1n) is 11.1. The van der Waals surface area contributed by atoms with E-state index in [0.717, 1.165) is 19.9 Å². The van der Waals surface area contributed by atoms with Crippen molar-refractivity contribution in [1.29, 1.82) is 0 Å². The predicted octanol–water partition coefficient (Wildman–Crippen LogP) is 4.77. The summed E-state index contributed by atoms with van der Waals surface area (Å²) in [7, 11) is -2.62. The highest BCUT2D eigenvalue weighted by Crippen LogP contribution is 2.26. The van der Waals surface area contributed by atoms with E-state index >= 15 is 0 Å². The van der Waals surface area contributed by atoms with E-state index in [-0.39, 0.29) is 23.0 Å². The molecule has 0 aromatic heterocycles. The molecule has 3 aromatic rings. The monoisotopic (exact) mass is 591 g/mol. The summed E-state index contributed by atoms with van der Waals surface area (Å²) in [5, 5.41) is 2.99. The van der Waals surface area contributed by atoms with Gasteiger partial charge in [-0.3, -0.25) is 13.9 Å². The number of benzene rings is 3. The van der Waals surface area contributed by atoms with Crippen molar-refractivity contribution in [2.75, 3.05) is 17.9 Å². The minimum absolute atomic E-state index is 0.0506. The lowest BCUT2D eigenvalue weighted by molar-refractivity contribution is -0.139. The summed E-state index contributed by atoms with van der Waals surface area (Å²) in [5.41, 5.74) is 1.98. The van der Waals surface area contributed by atoms with Gasteiger partial charge in [0, 0.05) is 23.1 Å². The molecule has 3 aromatic carbocycles. The first kappa shape index (κ1) is 27.7. The van der Waals surface area contributed by atoms with Gasteiger partial charge in [-0.05, 0) is 67.9 Å². The lowest BCUT2D eigenvalue weighted by atomic mass is 10.1. The summed E-state index contributed by atoms with van der Waals surface area (Å²) in [6.45, 7) is 3.09. The van der Waals surface area contributed by atoms with Crippen LogP contribution in [0.2, 0.25) is 5.02 Å². The van der Waals surface area contributed by atoms with Crippen molar-refractivity contribution in [3.63, 3.8) is 0 Å². The Hall–Kier alpha value is -2.88. The first-order chi connectivity index (χ1) is 17.0. The molecule has 0 radical (unpaired) electrons. The molecule has 190 valence electrons. The molecule has 7 nitrogen and oxygen atoms in total. The van der Waals surface area contributed by atoms with E-state index in [1.54, 1.807) is 43.3 Å². The molecule has 1 N–H and O–H groups in total. The van der Waals surface area contributed by atoms with E-state index in [0.29, 0.717) is 5.02 Å². The van der Waals surface area contributed by atoms with Crippen LogP contribution in [0.25, 0.3) is 0 Å². The first-order valence-corrected chi connectivity index (χ1v) is 13.7. The van der Waals surface area contributed by atoms with Gasteiger partial charge >= 0.3 is 0 Å². The van der Waals surface area contributed by atoms with Crippen molar-refractivity contribution >= 4 is 55.1 Å². The van der Waals surface area contributed by atoms with Gasteiger partial charge in [-0.1, -0.05) is 57.4 Å². The second-order valence-corrected chi connectivity index (χ2v) is 11.5. The molecule has 0 aliphatic carbocycles. The molecule has 3 rings (SSSR count). The van der Waals surface area contributed by atoms with Gasteiger partial charge < -0.3 is 10.2 Å². The van der Waals surface area contributed by atoms with Crippen LogP contribution in [0.4, 0.5) is 5.69 Å². The Balaban J connectivity index is 2.01. The maximum absolute atomic E-state index is 13.7. The molecule has 1 atom stereocenters. The van der Waals surface area contributed by atoms with E-state index in [1.807, 2.05) is 31.2 Å². The number of rotatable bonds is 9. The zero-order valence-corrected chi connectivity index (χ0v) is 23.3. The van der Waals surface area contributed by atoms with E-state index in [9.17, 15) is 18.0 Å². The number of anilines is 1. The number of sulfonamides is 1. The average Bonchev–Trinajstić information content (AvgIpc) is 2.86. The number of aryl methyl sites for hydroxylation is 1. The van der Waals surface area contributed by atoms with Gasteiger partial charge in [0.05, 0.1) is 10.6 Å². The number of hydrogen-bond donors (Lipinski definition) is 1. The summed E-state index contributed by atoms with van der Waals surface area (Å²) in [6, 6.07) is 19.1. The number of amides is 2. The van der Waals surface area contributed by atoms with Crippen LogP contribution < -0.4 is 9.62 Å². The molecule has 0 spiro atoms. The van der Waals surface area contributed by atoms with E-state index in [2.05, 4.69) is 21.2 Å². The fourth-order valence-corrected chi connectivity index (χ4v) is 5.36. The largest absolute Gasteiger partial charge is 0.357 e. The zero-order chi connectivity index (χ0) is 26.5. The van der Waals surface area contributed by atoms with Crippen LogP contribution >= 0.6 is 27.5 Å². The zero-order valence-electron chi connectivity index (χ0n) is 20.1. The van der Waals surface area contributed by atoms with Gasteiger partial charge in [-0.15, -0.1) is 0 Å². The Morgan fingerprint density at radius 3 is 2.11 bits per heavy atom. The van der Waals surface area contributed by atoms with Gasteiger partial charge in [0.1, 0.15) is 12.6 Å². The summed E-state index contributed by atoms with van der Waals surface area (Å²) in [4.78, 5) is 27.6. The van der Waals surface area contributed by atoms with Gasteiger partial charge in [0.15, 0.2) is 0 Å². The van der Waals surface area contributed by atoms with Crippen molar-refractivity contribution in [3.05, 3.63) is 93.4 Å². The minimum Gasteiger partial charge on any atom is -0.357 e. The van der Waals surface area contributed by atoms with Gasteiger partial charge in [0.25, 0.3) is 10.0 Å². The van der Waals surface area contributed by atoms with Crippen LogP contribution in [0, 0.1) is 6.92 Å². The normalized spacial score (nSPS) is 12.0. The van der Waals surface area contributed by atoms with Gasteiger partial charge in [-0.25, -0.2) is 8.42 Å². The standard InChI is InChI=1S/C26H27BrClN3O4S/c1-18-4-14-24(15-5-18)36(34,35)31(23-12-10-22(28)11-13-23)17-25(32)30(19(2)26(33)29-3)16-20-6-8-21(27)9-7-20/h4-15,19H,16-17H2,1-3H3,(H,29,33)/t19-/m1/s1. The molecule has 0 saturated carbocycles. The Morgan fingerprint density at radius 1 is 0.972 bits per heavy atom. The van der Waals surface area contributed by atoms with Crippen LogP contribution in [0.1, 0.15) is 18.1 Å². The quantitative estimate of drug-likeness (QED) is 0.388. The highest BCUT2D eigenvalue weighted by atomic mass is 79.9. The van der Waals surface area contributed by atoms with E-state index in [1.165, 1.54) is 24.1 Å². The fraction of sp³-hybridized carbons (Fsp3) is 0.231. The predicted molar refractivity (Wildman–Crippen MR) is 145 cm³/mol. The summed E-state index contributed by atoms with van der Waals surface area (Å²) < 4.78 is 29.3. The van der Waals surface area contributed by atoms with Crippen LogP contribution in [0.3, 0.4) is 0 Å². The van der Waals surface area contributed by atoms with Gasteiger partial charge in [-0.2, -0.15) is 0 Å². The Bertz CT molecular complexity index is 1310. The number of hydrogen-bond acceptors (Lipinski definition) is 4. The van der Waals surface area contributed by atoms with Crippen molar-refractivity contribution in [1.82, 2.24) is 10.2 Å². The number of carbonyl (C=O) groups excluding carboxylic acids is 2. The molecule has 0 bridgehead atoms. The highest BCUT2D eigenvalue weighted by molar-refractivity contribution is 9.10. The third-order valence-electron chi connectivity index (χ3n) is 5.68. The van der Waals surface area contributed by atoms with Crippen LogP contribution in [0.5, 0.6) is 0 Å². The maximum atomic E-state index is 13.7. The molecule has 0 aliphatic rings. The summed E-state index contributed by atoms with van der Waals surface area (Å²) in [6.07, 6.45) is 0. The number of carbonyl (C=O) groups is 2. The molecule has 0 fully saturated rings. The number of nitrogens with zero attached hydrogens (tertiary/aromatic N) is 2. The molecule has 0 aliphatic heterocycles. The smallest absolute Gasteiger partial charge is 0.264 e. The second-order valence-electron chi connectivity index (χ2n) is 8.24. The van der Waals surface area contributed by atoms with Crippen LogP contribution in [0.15, 0.2) is 82.2 Å². The van der Waals surface area contributed by atoms with Gasteiger partial charge in [0.2, 0.25) is 11.8 Å². The number of likely N-dealkylation sites (N-methyl/N-ethyl adjacent to an activating group) is 1. The highest BCUT2D eigenvalue weighted by Gasteiger charge is 2.32. The van der Waals surface area contributed by atoms with E-state index < -0.39 is 28.5 Å². The Labute approximate surface area is 225 Å². The molecule has 0 heterocycles. The molecule has 10 heteroatoms. The van der Waals surface area contributed by atoms with Crippen molar-refractivity contribution in [2.45, 2.75) is 31.3 Å². The lowest BCUT2D eigenvalue weighted by Gasteiger charge is -2.31. The lowest BCUT2D eigenvalue weighted by Crippen LogP contribution is -2.50. The molecule has 0 saturated heterocycles. The number of halogens is 2. The number of nitrogens with one attached hydrogen (secondary N) is 1. The Morgan fingerprint density at radius 2 is 1.56 bits per heavy atom. The third-order valence-corrected chi connectivity index (χ3v) is 8.25. The third kappa shape index (κ3) is 6.66. The molecule has 36 heavy (non-hydrogen) atoms. The van der Waals surface area contributed by atoms with Crippen molar-refractivity contribution < 1.29 is 18.0 Å². The molecular formula is C26H27BrClN3O4S. The van der Waals surface area contributed by atoms with Crippen LogP contribution in [-0.4, -0.2) is 44.8 Å². The minimum atomic E-state index is -4.11. The molecule has 0 unspecified atom stereocenters. The SMILES string of the molecule is CNC(=O)[C@@H](C)N(Cc1ccc(Br)cc1)C(=O)CN(c1ccc(Cl)cc1)S(=O)(=O)c1ccc(C)cc1. The van der Waals surface area contributed by atoms with Crippen LogP contribution in [-0.2, 0) is 26.2 Å². The van der Waals surface area contributed by atoms with Crippen molar-refractivity contribution in [2.24, 2.45) is 0 Å². The molecule has 2 amide bonds. The average molecular weight is 593 g/mol. The summed E-state index contributed by atoms with van der Waals surface area (Å²) >= 11 is 9.41. The Kier molecular flexibility index (Phi) is 9.16. The second kappa shape index (κ2) is 11.9.